The van der Waals surface area contributed by atoms with Crippen LogP contribution in [-0.4, -0.2) is 33.3 Å². The molecular formula is C9H20N2O2S. The van der Waals surface area contributed by atoms with E-state index in [-0.39, 0.29) is 11.8 Å². The summed E-state index contributed by atoms with van der Waals surface area (Å²) < 4.78 is 25.6. The van der Waals surface area contributed by atoms with Gasteiger partial charge >= 0.3 is 0 Å². The molecule has 1 aliphatic rings. The quantitative estimate of drug-likeness (QED) is 0.639. The Balaban J connectivity index is 2.26. The number of sulfonamides is 1. The summed E-state index contributed by atoms with van der Waals surface area (Å²) in [4.78, 5) is 0. The highest BCUT2D eigenvalue weighted by molar-refractivity contribution is 7.89. The zero-order valence-corrected chi connectivity index (χ0v) is 9.57. The maximum atomic E-state index is 11.5. The average Bonchev–Trinajstić information content (AvgIpc) is 2.56. The second kappa shape index (κ2) is 5.68. The molecule has 0 spiro atoms. The van der Waals surface area contributed by atoms with Gasteiger partial charge in [-0.05, 0) is 25.8 Å². The minimum atomic E-state index is -3.05. The summed E-state index contributed by atoms with van der Waals surface area (Å²) in [6, 6.07) is 0.161. The SMILES string of the molecule is CCCCNS(=O)(=O)CC1CCCN1. The van der Waals surface area contributed by atoms with Gasteiger partial charge in [0.1, 0.15) is 0 Å². The van der Waals surface area contributed by atoms with Crippen LogP contribution in [0.3, 0.4) is 0 Å². The molecule has 1 unspecified atom stereocenters. The first-order chi connectivity index (χ1) is 6.64. The van der Waals surface area contributed by atoms with Crippen LogP contribution in [-0.2, 0) is 10.0 Å². The molecule has 1 heterocycles. The third kappa shape index (κ3) is 4.39. The molecule has 14 heavy (non-hydrogen) atoms. The van der Waals surface area contributed by atoms with Gasteiger partial charge < -0.3 is 5.32 Å². The minimum Gasteiger partial charge on any atom is -0.313 e. The zero-order chi connectivity index (χ0) is 10.4. The van der Waals surface area contributed by atoms with Crippen LogP contribution in [0.25, 0.3) is 0 Å². The van der Waals surface area contributed by atoms with Crippen LogP contribution in [0.2, 0.25) is 0 Å². The highest BCUT2D eigenvalue weighted by atomic mass is 32.2. The van der Waals surface area contributed by atoms with Gasteiger partial charge in [-0.25, -0.2) is 13.1 Å². The molecule has 0 aromatic carbocycles. The largest absolute Gasteiger partial charge is 0.313 e. The van der Waals surface area contributed by atoms with Crippen LogP contribution in [0.4, 0.5) is 0 Å². The van der Waals surface area contributed by atoms with E-state index in [2.05, 4.69) is 10.0 Å². The minimum absolute atomic E-state index is 0.161. The zero-order valence-electron chi connectivity index (χ0n) is 8.75. The van der Waals surface area contributed by atoms with Crippen molar-refractivity contribution >= 4 is 10.0 Å². The van der Waals surface area contributed by atoms with Crippen LogP contribution >= 0.6 is 0 Å². The highest BCUT2D eigenvalue weighted by Gasteiger charge is 2.21. The lowest BCUT2D eigenvalue weighted by Crippen LogP contribution is -2.36. The van der Waals surface area contributed by atoms with Crippen LogP contribution < -0.4 is 10.0 Å². The van der Waals surface area contributed by atoms with Crippen molar-refractivity contribution in [3.63, 3.8) is 0 Å². The maximum absolute atomic E-state index is 11.5. The molecule has 1 rings (SSSR count). The molecular weight excluding hydrogens is 200 g/mol. The second-order valence-electron chi connectivity index (χ2n) is 3.82. The second-order valence-corrected chi connectivity index (χ2v) is 5.67. The van der Waals surface area contributed by atoms with Crippen LogP contribution in [0.1, 0.15) is 32.6 Å². The summed E-state index contributed by atoms with van der Waals surface area (Å²) in [5.41, 5.74) is 0. The predicted octanol–water partition coefficient (Wildman–Crippen LogP) is 0.458. The lowest BCUT2D eigenvalue weighted by Gasteiger charge is -2.11. The molecule has 4 nitrogen and oxygen atoms in total. The molecule has 1 aliphatic heterocycles. The fraction of sp³-hybridized carbons (Fsp3) is 1.00. The van der Waals surface area contributed by atoms with Gasteiger partial charge in [-0.15, -0.1) is 0 Å². The summed E-state index contributed by atoms with van der Waals surface area (Å²) in [6.07, 6.45) is 4.01. The summed E-state index contributed by atoms with van der Waals surface area (Å²) in [5, 5.41) is 3.18. The van der Waals surface area contributed by atoms with Crippen molar-refractivity contribution in [2.45, 2.75) is 38.6 Å². The first-order valence-corrected chi connectivity index (χ1v) is 7.00. The molecule has 5 heteroatoms. The Hall–Kier alpha value is -0.130. The molecule has 84 valence electrons. The molecule has 1 atom stereocenters. The van der Waals surface area contributed by atoms with E-state index in [0.29, 0.717) is 6.54 Å². The smallest absolute Gasteiger partial charge is 0.213 e. The molecule has 0 bridgehead atoms. The average molecular weight is 220 g/mol. The molecule has 1 saturated heterocycles. The van der Waals surface area contributed by atoms with Gasteiger partial charge in [-0.1, -0.05) is 13.3 Å². The number of rotatable bonds is 6. The van der Waals surface area contributed by atoms with E-state index >= 15 is 0 Å². The van der Waals surface area contributed by atoms with E-state index in [9.17, 15) is 8.42 Å². The van der Waals surface area contributed by atoms with Gasteiger partial charge in [-0.3, -0.25) is 0 Å². The van der Waals surface area contributed by atoms with Crippen LogP contribution in [0, 0.1) is 0 Å². The van der Waals surface area contributed by atoms with Crippen molar-refractivity contribution in [1.82, 2.24) is 10.0 Å². The molecule has 0 aromatic heterocycles. The Morgan fingerprint density at radius 1 is 1.50 bits per heavy atom. The van der Waals surface area contributed by atoms with E-state index in [1.54, 1.807) is 0 Å². The van der Waals surface area contributed by atoms with Gasteiger partial charge in [0.25, 0.3) is 0 Å². The number of nitrogens with one attached hydrogen (secondary N) is 2. The van der Waals surface area contributed by atoms with Crippen molar-refractivity contribution in [3.8, 4) is 0 Å². The van der Waals surface area contributed by atoms with Gasteiger partial charge in [-0.2, -0.15) is 0 Å². The summed E-state index contributed by atoms with van der Waals surface area (Å²) in [7, 11) is -3.05. The lowest BCUT2D eigenvalue weighted by atomic mass is 10.3. The standard InChI is InChI=1S/C9H20N2O2S/c1-2-3-7-11-14(12,13)8-9-5-4-6-10-9/h9-11H,2-8H2,1H3. The fourth-order valence-electron chi connectivity index (χ4n) is 1.63. The fourth-order valence-corrected chi connectivity index (χ4v) is 3.01. The van der Waals surface area contributed by atoms with Gasteiger partial charge in [0, 0.05) is 12.6 Å². The van der Waals surface area contributed by atoms with Crippen molar-refractivity contribution < 1.29 is 8.42 Å². The molecule has 1 fully saturated rings. The van der Waals surface area contributed by atoms with Crippen LogP contribution in [0.5, 0.6) is 0 Å². The Labute approximate surface area is 86.5 Å². The van der Waals surface area contributed by atoms with Crippen LogP contribution in [0.15, 0.2) is 0 Å². The Morgan fingerprint density at radius 2 is 2.29 bits per heavy atom. The van der Waals surface area contributed by atoms with Crippen molar-refractivity contribution in [2.75, 3.05) is 18.8 Å². The molecule has 0 amide bonds. The first-order valence-electron chi connectivity index (χ1n) is 5.35. The van der Waals surface area contributed by atoms with E-state index in [4.69, 9.17) is 0 Å². The summed E-state index contributed by atoms with van der Waals surface area (Å²) in [5.74, 6) is 0.233. The summed E-state index contributed by atoms with van der Waals surface area (Å²) >= 11 is 0. The Bertz CT molecular complexity index is 246. The van der Waals surface area contributed by atoms with Crippen molar-refractivity contribution in [2.24, 2.45) is 0 Å². The maximum Gasteiger partial charge on any atom is 0.213 e. The first kappa shape index (κ1) is 11.9. The topological polar surface area (TPSA) is 58.2 Å². The van der Waals surface area contributed by atoms with E-state index in [0.717, 1.165) is 32.2 Å². The van der Waals surface area contributed by atoms with Gasteiger partial charge in [0.2, 0.25) is 10.0 Å². The number of hydrogen-bond donors (Lipinski definition) is 2. The normalized spacial score (nSPS) is 22.8. The lowest BCUT2D eigenvalue weighted by molar-refractivity contribution is 0.561. The molecule has 0 radical (unpaired) electrons. The van der Waals surface area contributed by atoms with Crippen molar-refractivity contribution in [3.05, 3.63) is 0 Å². The highest BCUT2D eigenvalue weighted by Crippen LogP contribution is 2.06. The van der Waals surface area contributed by atoms with E-state index < -0.39 is 10.0 Å². The number of hydrogen-bond acceptors (Lipinski definition) is 3. The number of unbranched alkanes of at least 4 members (excludes halogenated alkanes) is 1. The molecule has 0 aliphatic carbocycles. The Morgan fingerprint density at radius 3 is 2.86 bits per heavy atom. The molecule has 2 N–H and O–H groups in total. The third-order valence-electron chi connectivity index (χ3n) is 2.44. The predicted molar refractivity (Wildman–Crippen MR) is 57.7 cm³/mol. The molecule has 0 aromatic rings. The van der Waals surface area contributed by atoms with Gasteiger partial charge in [0.15, 0.2) is 0 Å². The van der Waals surface area contributed by atoms with Gasteiger partial charge in [0.05, 0.1) is 5.75 Å². The van der Waals surface area contributed by atoms with E-state index in [1.807, 2.05) is 6.92 Å². The monoisotopic (exact) mass is 220 g/mol. The summed E-state index contributed by atoms with van der Waals surface area (Å²) in [6.45, 7) is 3.58. The Kier molecular flexibility index (Phi) is 4.84. The third-order valence-corrected chi connectivity index (χ3v) is 3.92. The van der Waals surface area contributed by atoms with Crippen molar-refractivity contribution in [1.29, 1.82) is 0 Å². The van der Waals surface area contributed by atoms with E-state index in [1.165, 1.54) is 0 Å². The molecule has 0 saturated carbocycles.